The van der Waals surface area contributed by atoms with Gasteiger partial charge in [-0.2, -0.15) is 0 Å². The van der Waals surface area contributed by atoms with Crippen LogP contribution in [0.5, 0.6) is 0 Å². The molecule has 16 atom stereocenters. The van der Waals surface area contributed by atoms with Gasteiger partial charge in [0.2, 0.25) is 0 Å². The minimum Gasteiger partial charge on any atom is -0.465 e. The van der Waals surface area contributed by atoms with Crippen LogP contribution in [0.4, 0.5) is 5.82 Å². The first-order valence-corrected chi connectivity index (χ1v) is 24.4. The number of aliphatic hydroxyl groups excluding tert-OH is 3. The summed E-state index contributed by atoms with van der Waals surface area (Å²) in [6.07, 6.45) is -2.43. The lowest BCUT2D eigenvalue weighted by Crippen LogP contribution is -2.63. The molecule has 0 aromatic carbocycles. The number of aromatic nitrogens is 2. The minimum absolute atomic E-state index is 0.0185. The number of nitrogens with zero attached hydrogens (tertiary/aromatic N) is 4. The van der Waals surface area contributed by atoms with Crippen molar-refractivity contribution in [1.29, 1.82) is 0 Å². The van der Waals surface area contributed by atoms with E-state index in [-0.39, 0.29) is 57.8 Å². The molecule has 1 unspecified atom stereocenters. The molecule has 2 aromatic rings. The van der Waals surface area contributed by atoms with Crippen molar-refractivity contribution in [2.75, 3.05) is 67.1 Å². The number of nitrogens with two attached hydrogens (primary N) is 1. The van der Waals surface area contributed by atoms with E-state index in [1.807, 2.05) is 51.1 Å². The third-order valence-electron chi connectivity index (χ3n) is 13.7. The second-order valence-electron chi connectivity index (χ2n) is 19.4. The minimum atomic E-state index is -1.26. The number of hydrogen-bond donors (Lipinski definition) is 4. The van der Waals surface area contributed by atoms with Crippen molar-refractivity contribution in [2.24, 2.45) is 28.8 Å². The molecule has 0 saturated carbocycles. The van der Waals surface area contributed by atoms with Crippen LogP contribution in [0.1, 0.15) is 59.4 Å². The molecule has 0 amide bonds. The summed E-state index contributed by atoms with van der Waals surface area (Å²) >= 11 is 0. The van der Waals surface area contributed by atoms with Gasteiger partial charge in [0.25, 0.3) is 0 Å². The van der Waals surface area contributed by atoms with Gasteiger partial charge in [0, 0.05) is 50.3 Å². The molecule has 2 aromatic heterocycles. The number of fused-ring (bicyclic) bond motifs is 3. The van der Waals surface area contributed by atoms with Gasteiger partial charge in [0.1, 0.15) is 42.6 Å². The fourth-order valence-corrected chi connectivity index (χ4v) is 9.56. The fraction of sp³-hybridized carbons (Fsp3) is 0.667. The fourth-order valence-electron chi connectivity index (χ4n) is 9.56. The first kappa shape index (κ1) is 56.0. The zero-order valence-electron chi connectivity index (χ0n) is 42.4. The van der Waals surface area contributed by atoms with Crippen LogP contribution >= 0.6 is 0 Å². The SMILES string of the molecule is CO[C@@H]1[C@H](O)[C@@H](C)O[C@@H](OC[C@H]2/C=C(C)/C=C/C(=O)[C@H](C)CC3CCOC/C(=N\OCc4ccc(-c5cccc(N)n5)nc4)CO[C@H](CC(=O)OC2)[C@H](C)[C@H]3O[C@@H]2O[C@H](C)[C@@H](O)[C@H](N(C)C)[C@H]2O)[C@@H]1OC. The average Bonchev–Trinajstić information content (AvgIpc) is 3.36. The zero-order chi connectivity index (χ0) is 51.4. The molecule has 394 valence electrons. The van der Waals surface area contributed by atoms with Crippen LogP contribution in [0.15, 0.2) is 65.5 Å². The summed E-state index contributed by atoms with van der Waals surface area (Å²) in [4.78, 5) is 44.5. The Bertz CT molecular complexity index is 2110. The first-order valence-electron chi connectivity index (χ1n) is 24.4. The highest BCUT2D eigenvalue weighted by Crippen LogP contribution is 2.36. The van der Waals surface area contributed by atoms with Crippen molar-refractivity contribution < 1.29 is 72.4 Å². The zero-order valence-corrected chi connectivity index (χ0v) is 42.4. The molecule has 0 radical (unpaired) electrons. The molecule has 5 N–H and O–H groups in total. The van der Waals surface area contributed by atoms with Crippen molar-refractivity contribution >= 4 is 23.3 Å². The molecule has 2 bridgehead atoms. The number of nitrogen functional groups attached to an aromatic ring is 1. The molecule has 20 nitrogen and oxygen atoms in total. The van der Waals surface area contributed by atoms with Crippen LogP contribution in [0.25, 0.3) is 11.4 Å². The third-order valence-corrected chi connectivity index (χ3v) is 13.7. The smallest absolute Gasteiger partial charge is 0.308 e. The Morgan fingerprint density at radius 1 is 0.887 bits per heavy atom. The number of likely N-dealkylation sites (N-methyl/N-ethyl adjacent to an activating group) is 1. The highest BCUT2D eigenvalue weighted by atomic mass is 16.7. The number of carbonyl (C=O) groups excluding carboxylic acids is 2. The number of rotatable bonds is 12. The number of allylic oxidation sites excluding steroid dienone is 3. The Morgan fingerprint density at radius 2 is 1.63 bits per heavy atom. The summed E-state index contributed by atoms with van der Waals surface area (Å²) in [6.45, 7) is 9.21. The quantitative estimate of drug-likeness (QED) is 0.176. The lowest BCUT2D eigenvalue weighted by Gasteiger charge is -2.47. The molecule has 0 aliphatic carbocycles. The van der Waals surface area contributed by atoms with Crippen molar-refractivity contribution in [3.8, 4) is 11.4 Å². The summed E-state index contributed by atoms with van der Waals surface area (Å²) in [7, 11) is 6.48. The Balaban J connectivity index is 1.28. The van der Waals surface area contributed by atoms with Gasteiger partial charge in [0.05, 0.1) is 80.8 Å². The van der Waals surface area contributed by atoms with E-state index in [1.54, 1.807) is 57.3 Å². The second kappa shape index (κ2) is 26.6. The molecule has 6 rings (SSSR count). The molecule has 6 heterocycles. The molecule has 4 aliphatic heterocycles. The van der Waals surface area contributed by atoms with Gasteiger partial charge in [-0.3, -0.25) is 14.6 Å². The lowest BCUT2D eigenvalue weighted by molar-refractivity contribution is -0.305. The van der Waals surface area contributed by atoms with E-state index >= 15 is 0 Å². The van der Waals surface area contributed by atoms with E-state index in [9.17, 15) is 24.9 Å². The monoisotopic (exact) mass is 998 g/mol. The van der Waals surface area contributed by atoms with E-state index in [2.05, 4.69) is 15.1 Å². The van der Waals surface area contributed by atoms with Crippen LogP contribution in [0.3, 0.4) is 0 Å². The second-order valence-corrected chi connectivity index (χ2v) is 19.4. The number of pyridine rings is 2. The molecule has 0 spiro atoms. The number of anilines is 1. The van der Waals surface area contributed by atoms with Gasteiger partial charge in [0.15, 0.2) is 18.4 Å². The predicted molar refractivity (Wildman–Crippen MR) is 259 cm³/mol. The van der Waals surface area contributed by atoms with Crippen molar-refractivity contribution in [3.05, 3.63) is 65.9 Å². The van der Waals surface area contributed by atoms with E-state index in [4.69, 9.17) is 53.2 Å². The summed E-state index contributed by atoms with van der Waals surface area (Å²) in [5, 5.41) is 37.9. The molecule has 3 fully saturated rings. The van der Waals surface area contributed by atoms with Gasteiger partial charge in [-0.05, 0) is 77.9 Å². The van der Waals surface area contributed by atoms with Gasteiger partial charge >= 0.3 is 5.97 Å². The molecule has 4 aliphatic rings. The van der Waals surface area contributed by atoms with E-state index < -0.39 is 97.3 Å². The van der Waals surface area contributed by atoms with Gasteiger partial charge in [-0.1, -0.05) is 48.9 Å². The van der Waals surface area contributed by atoms with Crippen LogP contribution in [0, 0.1) is 23.7 Å². The van der Waals surface area contributed by atoms with Crippen LogP contribution in [-0.2, 0) is 63.7 Å². The van der Waals surface area contributed by atoms with Crippen LogP contribution < -0.4 is 5.73 Å². The average molecular weight is 998 g/mol. The topological polar surface area (TPSA) is 255 Å². The normalized spacial score (nSPS) is 36.9. The highest BCUT2D eigenvalue weighted by molar-refractivity contribution is 5.91. The standard InChI is InChI=1S/C51H75N5O15/c1-28-13-16-39(57)29(2)20-35-17-18-64-26-36(55-68-25-33-14-15-37(53-22-33)38-11-10-12-41(52)54-38)27-65-40(30(3)47(35)71-50-46(61)43(56(6)7)44(59)31(4)69-50)21-42(58)66-23-34(19-28)24-67-51-49(63-9)48(62-8)45(60)32(5)70-51/h10-16,19,22,29-32,34-35,40,43-51,59-61H,17-18,20-21,23-27H2,1-9H3,(H2,52,54)/b16-13+,28-19+,55-36+/t29-,30+,31-,32-,34+,35?,40-,43+,44-,45-,46-,47-,48-,49-,50+,51-/m1/s1. The number of hydrogen-bond acceptors (Lipinski definition) is 20. The number of carbonyl (C=O) groups is 2. The predicted octanol–water partition coefficient (Wildman–Crippen LogP) is 3.25. The third kappa shape index (κ3) is 15.1. The molecule has 20 heteroatoms. The number of aliphatic hydroxyl groups is 3. The number of methoxy groups -OCH3 is 2. The van der Waals surface area contributed by atoms with Crippen molar-refractivity contribution in [3.63, 3.8) is 0 Å². The lowest BCUT2D eigenvalue weighted by atomic mass is 9.79. The summed E-state index contributed by atoms with van der Waals surface area (Å²) < 4.78 is 55.4. The Labute approximate surface area is 416 Å². The van der Waals surface area contributed by atoms with E-state index in [0.29, 0.717) is 35.8 Å². The Kier molecular flexibility index (Phi) is 21.0. The van der Waals surface area contributed by atoms with Crippen LogP contribution in [0.2, 0.25) is 0 Å². The van der Waals surface area contributed by atoms with Crippen molar-refractivity contribution in [1.82, 2.24) is 14.9 Å². The van der Waals surface area contributed by atoms with Crippen LogP contribution in [-0.4, -0.2) is 183 Å². The summed E-state index contributed by atoms with van der Waals surface area (Å²) in [5.41, 5.74) is 9.05. The molecule has 71 heavy (non-hydrogen) atoms. The summed E-state index contributed by atoms with van der Waals surface area (Å²) in [5.74, 6) is -2.27. The van der Waals surface area contributed by atoms with E-state index in [1.165, 1.54) is 14.2 Å². The van der Waals surface area contributed by atoms with Gasteiger partial charge < -0.3 is 73.4 Å². The van der Waals surface area contributed by atoms with E-state index in [0.717, 1.165) is 11.1 Å². The van der Waals surface area contributed by atoms with Gasteiger partial charge in [-0.15, -0.1) is 0 Å². The maximum atomic E-state index is 14.2. The van der Waals surface area contributed by atoms with Gasteiger partial charge in [-0.25, -0.2) is 4.98 Å². The number of cyclic esters (lactones) is 1. The maximum absolute atomic E-state index is 14.2. The molecule has 3 saturated heterocycles. The number of ether oxygens (including phenoxy) is 9. The largest absolute Gasteiger partial charge is 0.465 e. The molecular formula is C51H75N5O15. The number of ketones is 1. The van der Waals surface area contributed by atoms with Crippen molar-refractivity contribution in [2.45, 2.75) is 134 Å². The highest BCUT2D eigenvalue weighted by Gasteiger charge is 2.48. The molecular weight excluding hydrogens is 923 g/mol. The Morgan fingerprint density at radius 3 is 2.34 bits per heavy atom. The number of esters is 1. The summed E-state index contributed by atoms with van der Waals surface area (Å²) in [6, 6.07) is 8.30. The maximum Gasteiger partial charge on any atom is 0.308 e. The first-order chi connectivity index (χ1) is 34.0. The Hall–Kier alpha value is -4.29. The number of oxime groups is 1.